The van der Waals surface area contributed by atoms with Gasteiger partial charge >= 0.3 is 5.97 Å². The maximum absolute atomic E-state index is 12.0. The van der Waals surface area contributed by atoms with Crippen LogP contribution in [0.2, 0.25) is 0 Å². The molecule has 2 nitrogen and oxygen atoms in total. The summed E-state index contributed by atoms with van der Waals surface area (Å²) >= 11 is 0. The van der Waals surface area contributed by atoms with Gasteiger partial charge in [-0.05, 0) is 37.5 Å². The van der Waals surface area contributed by atoms with Crippen molar-refractivity contribution in [3.63, 3.8) is 0 Å². The van der Waals surface area contributed by atoms with Crippen molar-refractivity contribution in [3.05, 3.63) is 12.2 Å². The van der Waals surface area contributed by atoms with E-state index >= 15 is 0 Å². The molecule has 0 bridgehead atoms. The lowest BCUT2D eigenvalue weighted by Gasteiger charge is -2.39. The summed E-state index contributed by atoms with van der Waals surface area (Å²) in [7, 11) is 0. The van der Waals surface area contributed by atoms with Gasteiger partial charge in [0.25, 0.3) is 0 Å². The maximum atomic E-state index is 12.0. The van der Waals surface area contributed by atoms with E-state index in [1.807, 2.05) is 6.92 Å². The number of carbonyl (C=O) groups excluding carboxylic acids is 1. The smallest absolute Gasteiger partial charge is 0.309 e. The molecule has 2 rings (SSSR count). The Bertz CT molecular complexity index is 282. The van der Waals surface area contributed by atoms with Gasteiger partial charge in [0.05, 0.1) is 12.5 Å². The average molecular weight is 222 g/mol. The van der Waals surface area contributed by atoms with Crippen LogP contribution in [0, 0.1) is 23.7 Å². The molecule has 0 amide bonds. The van der Waals surface area contributed by atoms with Gasteiger partial charge in [-0.15, -0.1) is 0 Å². The van der Waals surface area contributed by atoms with E-state index in [4.69, 9.17) is 4.74 Å². The second-order valence-corrected chi connectivity index (χ2v) is 5.13. The van der Waals surface area contributed by atoms with Crippen LogP contribution < -0.4 is 0 Å². The molecule has 0 aromatic carbocycles. The third-order valence-electron chi connectivity index (χ3n) is 4.12. The Kier molecular flexibility index (Phi) is 3.67. The molecule has 0 aromatic heterocycles. The number of esters is 1. The molecule has 2 aliphatic rings. The van der Waals surface area contributed by atoms with Crippen molar-refractivity contribution in [2.75, 3.05) is 6.61 Å². The summed E-state index contributed by atoms with van der Waals surface area (Å²) in [6.45, 7) is 4.53. The van der Waals surface area contributed by atoms with Crippen LogP contribution in [0.15, 0.2) is 12.2 Å². The SMILES string of the molecule is CCOC(=O)[C@H]1[C@@H]2CCCC[C@H]2C=C[C@H]1C. The van der Waals surface area contributed by atoms with Gasteiger partial charge in [0, 0.05) is 0 Å². The molecule has 0 aromatic rings. The molecule has 16 heavy (non-hydrogen) atoms. The molecule has 0 N–H and O–H groups in total. The highest BCUT2D eigenvalue weighted by atomic mass is 16.5. The van der Waals surface area contributed by atoms with Crippen molar-refractivity contribution in [1.29, 1.82) is 0 Å². The Morgan fingerprint density at radius 2 is 2.06 bits per heavy atom. The van der Waals surface area contributed by atoms with Crippen molar-refractivity contribution >= 4 is 5.97 Å². The van der Waals surface area contributed by atoms with Crippen LogP contribution in [0.25, 0.3) is 0 Å². The van der Waals surface area contributed by atoms with Crippen molar-refractivity contribution < 1.29 is 9.53 Å². The molecular weight excluding hydrogens is 200 g/mol. The number of carbonyl (C=O) groups is 1. The summed E-state index contributed by atoms with van der Waals surface area (Å²) in [4.78, 5) is 12.0. The minimum atomic E-state index is 0.0243. The van der Waals surface area contributed by atoms with Crippen molar-refractivity contribution in [2.45, 2.75) is 39.5 Å². The highest BCUT2D eigenvalue weighted by molar-refractivity contribution is 5.73. The topological polar surface area (TPSA) is 26.3 Å². The lowest BCUT2D eigenvalue weighted by Crippen LogP contribution is -2.38. The van der Waals surface area contributed by atoms with E-state index in [-0.39, 0.29) is 11.9 Å². The van der Waals surface area contributed by atoms with E-state index in [0.717, 1.165) is 0 Å². The Balaban J connectivity index is 2.14. The first-order chi connectivity index (χ1) is 7.74. The van der Waals surface area contributed by atoms with Crippen LogP contribution in [0.3, 0.4) is 0 Å². The predicted octanol–water partition coefficient (Wildman–Crippen LogP) is 3.18. The first kappa shape index (κ1) is 11.7. The highest BCUT2D eigenvalue weighted by Crippen LogP contribution is 2.43. The van der Waals surface area contributed by atoms with Gasteiger partial charge in [-0.3, -0.25) is 4.79 Å². The zero-order chi connectivity index (χ0) is 11.5. The van der Waals surface area contributed by atoms with E-state index in [9.17, 15) is 4.79 Å². The van der Waals surface area contributed by atoms with Crippen molar-refractivity contribution in [2.24, 2.45) is 23.7 Å². The average Bonchev–Trinajstić information content (AvgIpc) is 2.29. The van der Waals surface area contributed by atoms with Gasteiger partial charge in [-0.1, -0.05) is 31.9 Å². The predicted molar refractivity (Wildman–Crippen MR) is 63.9 cm³/mol. The fourth-order valence-electron chi connectivity index (χ4n) is 3.33. The van der Waals surface area contributed by atoms with Gasteiger partial charge in [-0.25, -0.2) is 0 Å². The molecule has 0 heterocycles. The van der Waals surface area contributed by atoms with Gasteiger partial charge in [0.1, 0.15) is 0 Å². The monoisotopic (exact) mass is 222 g/mol. The summed E-state index contributed by atoms with van der Waals surface area (Å²) in [5, 5.41) is 0. The molecule has 0 aliphatic heterocycles. The molecule has 2 heteroatoms. The molecule has 0 saturated heterocycles. The highest BCUT2D eigenvalue weighted by Gasteiger charge is 2.40. The molecule has 1 saturated carbocycles. The molecule has 0 radical (unpaired) electrons. The van der Waals surface area contributed by atoms with Crippen molar-refractivity contribution in [3.8, 4) is 0 Å². The lowest BCUT2D eigenvalue weighted by atomic mass is 9.65. The fraction of sp³-hybridized carbons (Fsp3) is 0.786. The zero-order valence-corrected chi connectivity index (χ0v) is 10.3. The number of allylic oxidation sites excluding steroid dienone is 2. The molecule has 90 valence electrons. The largest absolute Gasteiger partial charge is 0.466 e. The van der Waals surface area contributed by atoms with E-state index in [0.29, 0.717) is 24.4 Å². The first-order valence-corrected chi connectivity index (χ1v) is 6.59. The van der Waals surface area contributed by atoms with Crippen LogP contribution in [0.4, 0.5) is 0 Å². The van der Waals surface area contributed by atoms with Crippen LogP contribution in [-0.4, -0.2) is 12.6 Å². The number of ether oxygens (including phenoxy) is 1. The summed E-state index contributed by atoms with van der Waals surface area (Å²) in [6.07, 6.45) is 9.60. The van der Waals surface area contributed by atoms with Gasteiger partial charge < -0.3 is 4.74 Å². The minimum absolute atomic E-state index is 0.0243. The van der Waals surface area contributed by atoms with Gasteiger partial charge in [0.2, 0.25) is 0 Å². The number of hydrogen-bond donors (Lipinski definition) is 0. The van der Waals surface area contributed by atoms with Crippen LogP contribution in [0.1, 0.15) is 39.5 Å². The quantitative estimate of drug-likeness (QED) is 0.530. The third-order valence-corrected chi connectivity index (χ3v) is 4.12. The summed E-state index contributed by atoms with van der Waals surface area (Å²) in [5.74, 6) is 1.64. The first-order valence-electron chi connectivity index (χ1n) is 6.59. The van der Waals surface area contributed by atoms with E-state index in [1.165, 1.54) is 25.7 Å². The van der Waals surface area contributed by atoms with Crippen LogP contribution >= 0.6 is 0 Å². The van der Waals surface area contributed by atoms with E-state index in [2.05, 4.69) is 19.1 Å². The normalized spacial score (nSPS) is 37.9. The number of rotatable bonds is 2. The molecular formula is C14H22O2. The summed E-state index contributed by atoms with van der Waals surface area (Å²) < 4.78 is 5.23. The third kappa shape index (κ3) is 2.16. The number of hydrogen-bond acceptors (Lipinski definition) is 2. The second-order valence-electron chi connectivity index (χ2n) is 5.13. The molecule has 0 unspecified atom stereocenters. The number of fused-ring (bicyclic) bond motifs is 1. The van der Waals surface area contributed by atoms with E-state index < -0.39 is 0 Å². The van der Waals surface area contributed by atoms with Crippen LogP contribution in [0.5, 0.6) is 0 Å². The molecule has 2 aliphatic carbocycles. The second kappa shape index (κ2) is 5.03. The Morgan fingerprint density at radius 1 is 1.31 bits per heavy atom. The van der Waals surface area contributed by atoms with Crippen molar-refractivity contribution in [1.82, 2.24) is 0 Å². The minimum Gasteiger partial charge on any atom is -0.466 e. The van der Waals surface area contributed by atoms with E-state index in [1.54, 1.807) is 0 Å². The summed E-state index contributed by atoms with van der Waals surface area (Å²) in [5.41, 5.74) is 0. The Morgan fingerprint density at radius 3 is 2.81 bits per heavy atom. The zero-order valence-electron chi connectivity index (χ0n) is 10.3. The fourth-order valence-corrected chi connectivity index (χ4v) is 3.33. The summed E-state index contributed by atoms with van der Waals surface area (Å²) in [6, 6.07) is 0. The molecule has 0 spiro atoms. The Labute approximate surface area is 98.1 Å². The molecule has 1 fully saturated rings. The maximum Gasteiger partial charge on any atom is 0.309 e. The molecule has 4 atom stereocenters. The van der Waals surface area contributed by atoms with Gasteiger partial charge in [-0.2, -0.15) is 0 Å². The van der Waals surface area contributed by atoms with Gasteiger partial charge in [0.15, 0.2) is 0 Å². The lowest BCUT2D eigenvalue weighted by molar-refractivity contribution is -0.153. The Hall–Kier alpha value is -0.790. The standard InChI is InChI=1S/C14H22O2/c1-3-16-14(15)13-10(2)8-9-11-6-4-5-7-12(11)13/h8-13H,3-7H2,1-2H3/t10-,11+,12-,13-/m1/s1. The van der Waals surface area contributed by atoms with Crippen LogP contribution in [-0.2, 0) is 9.53 Å².